The van der Waals surface area contributed by atoms with Crippen molar-refractivity contribution in [3.63, 3.8) is 0 Å². The summed E-state index contributed by atoms with van der Waals surface area (Å²) in [6.07, 6.45) is 6.28. The van der Waals surface area contributed by atoms with Crippen LogP contribution in [-0.2, 0) is 0 Å². The standard InChI is InChI=1S/C14H16BrN/c1-9-5-6-10(7-9)12-8-16-14-11(12)3-2-4-13(14)15/h2-4,8-10,16H,5-7H2,1H3. The minimum Gasteiger partial charge on any atom is -0.360 e. The quantitative estimate of drug-likeness (QED) is 0.768. The molecule has 1 saturated carbocycles. The Morgan fingerprint density at radius 1 is 1.31 bits per heavy atom. The first kappa shape index (κ1) is 10.4. The zero-order valence-electron chi connectivity index (χ0n) is 9.46. The molecule has 0 radical (unpaired) electrons. The Kier molecular flexibility index (Phi) is 2.55. The lowest BCUT2D eigenvalue weighted by Gasteiger charge is -2.08. The van der Waals surface area contributed by atoms with Crippen molar-refractivity contribution >= 4 is 26.8 Å². The van der Waals surface area contributed by atoms with Crippen LogP contribution >= 0.6 is 15.9 Å². The molecule has 1 N–H and O–H groups in total. The zero-order chi connectivity index (χ0) is 11.1. The van der Waals surface area contributed by atoms with E-state index in [1.54, 1.807) is 0 Å². The van der Waals surface area contributed by atoms with Gasteiger partial charge < -0.3 is 4.98 Å². The summed E-state index contributed by atoms with van der Waals surface area (Å²) in [4.78, 5) is 3.40. The first-order valence-corrected chi connectivity index (χ1v) is 6.80. The van der Waals surface area contributed by atoms with Gasteiger partial charge in [-0.1, -0.05) is 25.5 Å². The molecule has 1 aromatic heterocycles. The van der Waals surface area contributed by atoms with Crippen LogP contribution in [0, 0.1) is 5.92 Å². The van der Waals surface area contributed by atoms with E-state index in [2.05, 4.69) is 52.2 Å². The number of benzene rings is 1. The summed E-state index contributed by atoms with van der Waals surface area (Å²) >= 11 is 3.60. The van der Waals surface area contributed by atoms with E-state index in [4.69, 9.17) is 0 Å². The van der Waals surface area contributed by atoms with Gasteiger partial charge in [0.25, 0.3) is 0 Å². The van der Waals surface area contributed by atoms with E-state index in [0.29, 0.717) is 0 Å². The number of H-pyrrole nitrogens is 1. The van der Waals surface area contributed by atoms with Crippen LogP contribution in [0.5, 0.6) is 0 Å². The van der Waals surface area contributed by atoms with Gasteiger partial charge in [0, 0.05) is 16.1 Å². The number of nitrogens with one attached hydrogen (secondary N) is 1. The van der Waals surface area contributed by atoms with Gasteiger partial charge in [0.2, 0.25) is 0 Å². The second-order valence-corrected chi connectivity index (χ2v) is 5.88. The fourth-order valence-corrected chi connectivity index (χ4v) is 3.45. The summed E-state index contributed by atoms with van der Waals surface area (Å²) in [5.41, 5.74) is 2.76. The molecule has 1 nitrogen and oxygen atoms in total. The molecule has 16 heavy (non-hydrogen) atoms. The first-order valence-electron chi connectivity index (χ1n) is 6.01. The van der Waals surface area contributed by atoms with Gasteiger partial charge in [0.05, 0.1) is 5.52 Å². The lowest BCUT2D eigenvalue weighted by atomic mass is 9.96. The SMILES string of the molecule is CC1CCC(c2c[nH]c3c(Br)cccc23)C1. The highest BCUT2D eigenvalue weighted by molar-refractivity contribution is 9.10. The third-order valence-corrected chi connectivity index (χ3v) is 4.49. The van der Waals surface area contributed by atoms with Crippen molar-refractivity contribution in [1.29, 1.82) is 0 Å². The highest BCUT2D eigenvalue weighted by Gasteiger charge is 2.24. The summed E-state index contributed by atoms with van der Waals surface area (Å²) < 4.78 is 1.17. The summed E-state index contributed by atoms with van der Waals surface area (Å²) in [6.45, 7) is 2.37. The molecule has 2 aromatic rings. The molecule has 1 aromatic carbocycles. The molecule has 1 fully saturated rings. The van der Waals surface area contributed by atoms with Gasteiger partial charge in [0.15, 0.2) is 0 Å². The molecule has 3 rings (SSSR count). The Morgan fingerprint density at radius 3 is 2.94 bits per heavy atom. The van der Waals surface area contributed by atoms with Crippen LogP contribution in [0.3, 0.4) is 0 Å². The predicted octanol–water partition coefficient (Wildman–Crippen LogP) is 4.83. The molecule has 0 spiro atoms. The average Bonchev–Trinajstić information content (AvgIpc) is 2.84. The van der Waals surface area contributed by atoms with E-state index in [1.165, 1.54) is 40.2 Å². The van der Waals surface area contributed by atoms with E-state index in [1.807, 2.05) is 0 Å². The molecule has 0 bridgehead atoms. The molecular weight excluding hydrogens is 262 g/mol. The van der Waals surface area contributed by atoms with Crippen molar-refractivity contribution in [2.45, 2.75) is 32.1 Å². The Labute approximate surface area is 104 Å². The summed E-state index contributed by atoms with van der Waals surface area (Å²) in [5.74, 6) is 1.65. The van der Waals surface area contributed by atoms with Crippen molar-refractivity contribution in [3.8, 4) is 0 Å². The maximum Gasteiger partial charge on any atom is 0.0601 e. The number of para-hydroxylation sites is 1. The van der Waals surface area contributed by atoms with Crippen molar-refractivity contribution in [1.82, 2.24) is 4.98 Å². The van der Waals surface area contributed by atoms with Crippen LogP contribution < -0.4 is 0 Å². The first-order chi connectivity index (χ1) is 7.75. The van der Waals surface area contributed by atoms with Gasteiger partial charge in [-0.15, -0.1) is 0 Å². The Hall–Kier alpha value is -0.760. The van der Waals surface area contributed by atoms with Gasteiger partial charge in [0.1, 0.15) is 0 Å². The van der Waals surface area contributed by atoms with E-state index in [-0.39, 0.29) is 0 Å². The topological polar surface area (TPSA) is 15.8 Å². The third-order valence-electron chi connectivity index (χ3n) is 3.83. The summed E-state index contributed by atoms with van der Waals surface area (Å²) in [5, 5.41) is 1.40. The normalized spacial score (nSPS) is 25.4. The van der Waals surface area contributed by atoms with Gasteiger partial charge in [-0.3, -0.25) is 0 Å². The summed E-state index contributed by atoms with van der Waals surface area (Å²) in [7, 11) is 0. The maximum absolute atomic E-state index is 3.60. The number of halogens is 1. The smallest absolute Gasteiger partial charge is 0.0601 e. The minimum absolute atomic E-state index is 0.762. The molecule has 1 aliphatic rings. The molecule has 0 amide bonds. The lowest BCUT2D eigenvalue weighted by Crippen LogP contribution is -1.91. The lowest BCUT2D eigenvalue weighted by molar-refractivity contribution is 0.597. The molecule has 2 heteroatoms. The van der Waals surface area contributed by atoms with Crippen LogP contribution in [0.2, 0.25) is 0 Å². The number of aromatic amines is 1. The predicted molar refractivity (Wildman–Crippen MR) is 71.8 cm³/mol. The monoisotopic (exact) mass is 277 g/mol. The van der Waals surface area contributed by atoms with Gasteiger partial charge in [-0.2, -0.15) is 0 Å². The maximum atomic E-state index is 3.60. The molecule has 2 atom stereocenters. The van der Waals surface area contributed by atoms with Crippen molar-refractivity contribution in [3.05, 3.63) is 34.4 Å². The van der Waals surface area contributed by atoms with E-state index >= 15 is 0 Å². The zero-order valence-corrected chi connectivity index (χ0v) is 11.0. The number of hydrogen-bond donors (Lipinski definition) is 1. The highest BCUT2D eigenvalue weighted by atomic mass is 79.9. The number of aromatic nitrogens is 1. The minimum atomic E-state index is 0.762. The Balaban J connectivity index is 2.08. The second kappa shape index (κ2) is 3.92. The van der Waals surface area contributed by atoms with E-state index in [0.717, 1.165) is 11.8 Å². The molecule has 1 aliphatic carbocycles. The fraction of sp³-hybridized carbons (Fsp3) is 0.429. The van der Waals surface area contributed by atoms with Crippen LogP contribution in [-0.4, -0.2) is 4.98 Å². The van der Waals surface area contributed by atoms with Crippen LogP contribution in [0.1, 0.15) is 37.7 Å². The van der Waals surface area contributed by atoms with Crippen molar-refractivity contribution in [2.75, 3.05) is 0 Å². The molecule has 0 aliphatic heterocycles. The molecule has 1 heterocycles. The highest BCUT2D eigenvalue weighted by Crippen LogP contribution is 2.41. The van der Waals surface area contributed by atoms with E-state index in [9.17, 15) is 0 Å². The van der Waals surface area contributed by atoms with Gasteiger partial charge >= 0.3 is 0 Å². The number of fused-ring (bicyclic) bond motifs is 1. The van der Waals surface area contributed by atoms with Crippen molar-refractivity contribution in [2.24, 2.45) is 5.92 Å². The second-order valence-electron chi connectivity index (χ2n) is 5.02. The van der Waals surface area contributed by atoms with Gasteiger partial charge in [-0.25, -0.2) is 0 Å². The molecule has 84 valence electrons. The molecule has 2 unspecified atom stereocenters. The third kappa shape index (κ3) is 1.60. The summed E-state index contributed by atoms with van der Waals surface area (Å²) in [6, 6.07) is 6.46. The van der Waals surface area contributed by atoms with Crippen LogP contribution in [0.4, 0.5) is 0 Å². The van der Waals surface area contributed by atoms with E-state index < -0.39 is 0 Å². The van der Waals surface area contributed by atoms with Gasteiger partial charge in [-0.05, 0) is 52.2 Å². The number of rotatable bonds is 1. The van der Waals surface area contributed by atoms with Crippen molar-refractivity contribution < 1.29 is 0 Å². The number of hydrogen-bond acceptors (Lipinski definition) is 0. The van der Waals surface area contributed by atoms with Crippen LogP contribution in [0.25, 0.3) is 10.9 Å². The fourth-order valence-electron chi connectivity index (χ4n) is 2.97. The Morgan fingerprint density at radius 2 is 2.19 bits per heavy atom. The largest absolute Gasteiger partial charge is 0.360 e. The molecular formula is C14H16BrN. The Bertz CT molecular complexity index is 514. The average molecular weight is 278 g/mol. The van der Waals surface area contributed by atoms with Crippen LogP contribution in [0.15, 0.2) is 28.9 Å². The molecule has 0 saturated heterocycles.